The van der Waals surface area contributed by atoms with Gasteiger partial charge in [-0.15, -0.1) is 0 Å². The fourth-order valence-electron chi connectivity index (χ4n) is 2.60. The van der Waals surface area contributed by atoms with E-state index in [1.807, 2.05) is 20.8 Å². The van der Waals surface area contributed by atoms with Crippen molar-refractivity contribution in [2.45, 2.75) is 44.6 Å². The minimum absolute atomic E-state index is 0.0577. The molecule has 21 heavy (non-hydrogen) atoms. The average molecular weight is 313 g/mol. The first kappa shape index (κ1) is 16.1. The van der Waals surface area contributed by atoms with Gasteiger partial charge in [0.25, 0.3) is 0 Å². The lowest BCUT2D eigenvalue weighted by Crippen LogP contribution is -2.46. The Hall–Kier alpha value is -1.30. The summed E-state index contributed by atoms with van der Waals surface area (Å²) >= 11 is 0. The second-order valence-electron chi connectivity index (χ2n) is 6.63. The first-order valence-corrected chi connectivity index (χ1v) is 8.95. The Morgan fingerprint density at radius 1 is 1.33 bits per heavy atom. The molecule has 0 radical (unpaired) electrons. The summed E-state index contributed by atoms with van der Waals surface area (Å²) in [5.41, 5.74) is -0.417. The molecule has 0 aromatic carbocycles. The highest BCUT2D eigenvalue weighted by molar-refractivity contribution is 7.91. The smallest absolute Gasteiger partial charge is 0.227 e. The Morgan fingerprint density at radius 2 is 1.95 bits per heavy atom. The quantitative estimate of drug-likeness (QED) is 0.858. The van der Waals surface area contributed by atoms with E-state index in [0.29, 0.717) is 31.7 Å². The van der Waals surface area contributed by atoms with Crippen LogP contribution in [0.2, 0.25) is 0 Å². The van der Waals surface area contributed by atoms with Crippen molar-refractivity contribution in [1.82, 2.24) is 4.90 Å². The van der Waals surface area contributed by atoms with E-state index in [4.69, 9.17) is 4.42 Å². The molecule has 0 bridgehead atoms. The van der Waals surface area contributed by atoms with Crippen molar-refractivity contribution in [1.29, 1.82) is 0 Å². The molecular weight excluding hydrogens is 290 g/mol. The Labute approximate surface area is 126 Å². The second-order valence-corrected chi connectivity index (χ2v) is 8.91. The maximum absolute atomic E-state index is 12.4. The zero-order valence-corrected chi connectivity index (χ0v) is 13.6. The number of rotatable bonds is 3. The highest BCUT2D eigenvalue weighted by Crippen LogP contribution is 2.25. The minimum atomic E-state index is -3.22. The van der Waals surface area contributed by atoms with E-state index in [-0.39, 0.29) is 16.9 Å². The van der Waals surface area contributed by atoms with Crippen molar-refractivity contribution in [3.05, 3.63) is 24.2 Å². The van der Waals surface area contributed by atoms with Crippen LogP contribution in [0.4, 0.5) is 0 Å². The number of hydrogen-bond donors (Lipinski definition) is 0. The minimum Gasteiger partial charge on any atom is -0.468 e. The fourth-order valence-corrected chi connectivity index (χ4v) is 4.33. The largest absolute Gasteiger partial charge is 0.468 e. The molecule has 1 amide bonds. The summed E-state index contributed by atoms with van der Waals surface area (Å²) in [6.07, 6.45) is 2.49. The van der Waals surface area contributed by atoms with E-state index in [1.165, 1.54) is 6.26 Å². The maximum atomic E-state index is 12.4. The summed E-state index contributed by atoms with van der Waals surface area (Å²) in [6.45, 7) is 6.68. The van der Waals surface area contributed by atoms with Crippen LogP contribution in [0.3, 0.4) is 0 Å². The number of nitrogens with zero attached hydrogens (tertiary/aromatic N) is 1. The number of amides is 1. The predicted molar refractivity (Wildman–Crippen MR) is 80.4 cm³/mol. The number of piperidine rings is 1. The predicted octanol–water partition coefficient (Wildman–Crippen LogP) is 2.23. The van der Waals surface area contributed by atoms with Gasteiger partial charge in [0.05, 0.1) is 11.5 Å². The summed E-state index contributed by atoms with van der Waals surface area (Å²) < 4.78 is 29.8. The maximum Gasteiger partial charge on any atom is 0.227 e. The van der Waals surface area contributed by atoms with Gasteiger partial charge < -0.3 is 9.32 Å². The topological polar surface area (TPSA) is 67.6 Å². The first-order chi connectivity index (χ1) is 9.70. The van der Waals surface area contributed by atoms with Crippen LogP contribution < -0.4 is 0 Å². The third-order valence-electron chi connectivity index (χ3n) is 3.80. The zero-order chi connectivity index (χ0) is 15.7. The number of carbonyl (C=O) groups is 1. The molecule has 1 aliphatic heterocycles. The molecule has 5 nitrogen and oxygen atoms in total. The van der Waals surface area contributed by atoms with Gasteiger partial charge in [-0.3, -0.25) is 4.79 Å². The van der Waals surface area contributed by atoms with Gasteiger partial charge in [-0.1, -0.05) is 20.8 Å². The van der Waals surface area contributed by atoms with Gasteiger partial charge in [-0.05, 0) is 25.0 Å². The first-order valence-electron chi connectivity index (χ1n) is 7.23. The average Bonchev–Trinajstić information content (AvgIpc) is 2.89. The highest BCUT2D eigenvalue weighted by Gasteiger charge is 2.35. The van der Waals surface area contributed by atoms with Gasteiger partial charge >= 0.3 is 0 Å². The lowest BCUT2D eigenvalue weighted by molar-refractivity contribution is -0.140. The van der Waals surface area contributed by atoms with Crippen LogP contribution in [0.1, 0.15) is 39.4 Å². The number of furan rings is 1. The normalized spacial score (nSPS) is 18.0. The lowest BCUT2D eigenvalue weighted by Gasteiger charge is -2.35. The van der Waals surface area contributed by atoms with Crippen LogP contribution in [0, 0.1) is 5.41 Å². The van der Waals surface area contributed by atoms with Gasteiger partial charge in [0.1, 0.15) is 11.5 Å². The Bertz CT molecular complexity index is 576. The molecule has 118 valence electrons. The van der Waals surface area contributed by atoms with E-state index in [2.05, 4.69) is 0 Å². The number of likely N-dealkylation sites (tertiary alicyclic amines) is 1. The van der Waals surface area contributed by atoms with Crippen LogP contribution in [0.15, 0.2) is 22.8 Å². The summed E-state index contributed by atoms with van der Waals surface area (Å²) in [5.74, 6) is 0.505. The van der Waals surface area contributed by atoms with Crippen LogP contribution in [-0.2, 0) is 20.4 Å². The second kappa shape index (κ2) is 5.83. The van der Waals surface area contributed by atoms with E-state index in [1.54, 1.807) is 17.0 Å². The molecule has 0 N–H and O–H groups in total. The summed E-state index contributed by atoms with van der Waals surface area (Å²) in [6, 6.07) is 3.37. The molecule has 1 aliphatic rings. The summed E-state index contributed by atoms with van der Waals surface area (Å²) in [5, 5.41) is -0.383. The molecule has 6 heteroatoms. The highest BCUT2D eigenvalue weighted by atomic mass is 32.2. The molecule has 2 rings (SSSR count). The third kappa shape index (κ3) is 3.87. The molecule has 0 atom stereocenters. The van der Waals surface area contributed by atoms with Gasteiger partial charge in [-0.25, -0.2) is 8.42 Å². The van der Waals surface area contributed by atoms with Gasteiger partial charge in [-0.2, -0.15) is 0 Å². The van der Waals surface area contributed by atoms with Crippen LogP contribution >= 0.6 is 0 Å². The molecule has 0 aliphatic carbocycles. The Morgan fingerprint density at radius 3 is 2.43 bits per heavy atom. The molecule has 1 fully saturated rings. The zero-order valence-electron chi connectivity index (χ0n) is 12.8. The van der Waals surface area contributed by atoms with E-state index in [0.717, 1.165) is 0 Å². The van der Waals surface area contributed by atoms with Crippen molar-refractivity contribution < 1.29 is 17.6 Å². The molecule has 0 saturated carbocycles. The van der Waals surface area contributed by atoms with E-state index >= 15 is 0 Å². The van der Waals surface area contributed by atoms with Crippen molar-refractivity contribution in [2.75, 3.05) is 13.1 Å². The van der Waals surface area contributed by atoms with E-state index < -0.39 is 15.3 Å². The van der Waals surface area contributed by atoms with Crippen LogP contribution in [0.25, 0.3) is 0 Å². The third-order valence-corrected chi connectivity index (χ3v) is 5.98. The van der Waals surface area contributed by atoms with Crippen LogP contribution in [-0.4, -0.2) is 37.6 Å². The number of carbonyl (C=O) groups excluding carboxylic acids is 1. The Balaban J connectivity index is 1.96. The summed E-state index contributed by atoms with van der Waals surface area (Å²) in [4.78, 5) is 14.0. The van der Waals surface area contributed by atoms with Gasteiger partial charge in [0.2, 0.25) is 5.91 Å². The molecule has 0 spiro atoms. The fraction of sp³-hybridized carbons (Fsp3) is 0.667. The molecular formula is C15H23NO4S. The van der Waals surface area contributed by atoms with Crippen molar-refractivity contribution in [3.8, 4) is 0 Å². The molecule has 1 aromatic heterocycles. The monoisotopic (exact) mass is 313 g/mol. The van der Waals surface area contributed by atoms with Crippen molar-refractivity contribution in [2.24, 2.45) is 5.41 Å². The van der Waals surface area contributed by atoms with Crippen LogP contribution in [0.5, 0.6) is 0 Å². The molecule has 1 saturated heterocycles. The SMILES string of the molecule is CC(C)(C)C(=O)N1CCC(S(=O)(=O)Cc2ccco2)CC1. The van der Waals surface area contributed by atoms with Gasteiger partial charge in [0, 0.05) is 18.5 Å². The standard InChI is InChI=1S/C15H23NO4S/c1-15(2,3)14(17)16-8-6-13(7-9-16)21(18,19)11-12-5-4-10-20-12/h4-5,10,13H,6-9,11H2,1-3H3. The molecule has 0 unspecified atom stereocenters. The van der Waals surface area contributed by atoms with E-state index in [9.17, 15) is 13.2 Å². The van der Waals surface area contributed by atoms with Crippen molar-refractivity contribution >= 4 is 15.7 Å². The summed E-state index contributed by atoms with van der Waals surface area (Å²) in [7, 11) is -3.22. The molecule has 1 aromatic rings. The molecule has 2 heterocycles. The number of hydrogen-bond acceptors (Lipinski definition) is 4. The Kier molecular flexibility index (Phi) is 4.46. The lowest BCUT2D eigenvalue weighted by atomic mass is 9.93. The van der Waals surface area contributed by atoms with Crippen molar-refractivity contribution in [3.63, 3.8) is 0 Å². The number of sulfone groups is 1. The van der Waals surface area contributed by atoms with Gasteiger partial charge in [0.15, 0.2) is 9.84 Å².